The van der Waals surface area contributed by atoms with E-state index in [1.54, 1.807) is 4.90 Å². The molecular formula is C14H25N3O2. The summed E-state index contributed by atoms with van der Waals surface area (Å²) >= 11 is 0. The summed E-state index contributed by atoms with van der Waals surface area (Å²) in [6.45, 7) is 9.05. The lowest BCUT2D eigenvalue weighted by molar-refractivity contribution is -0.134. The van der Waals surface area contributed by atoms with Gasteiger partial charge in [0.25, 0.3) is 0 Å². The second-order valence-corrected chi connectivity index (χ2v) is 5.44. The Labute approximate surface area is 115 Å². The number of nitrogens with two attached hydrogens (primary N) is 1. The van der Waals surface area contributed by atoms with Crippen molar-refractivity contribution in [2.45, 2.75) is 32.7 Å². The number of rotatable bonds is 5. The van der Waals surface area contributed by atoms with Crippen LogP contribution in [0.15, 0.2) is 12.7 Å². The summed E-state index contributed by atoms with van der Waals surface area (Å²) in [5.74, 6) is 0.280. The molecule has 108 valence electrons. The molecule has 1 fully saturated rings. The number of hydrogen-bond donors (Lipinski definition) is 2. The van der Waals surface area contributed by atoms with Gasteiger partial charge in [-0.1, -0.05) is 19.9 Å². The summed E-state index contributed by atoms with van der Waals surface area (Å²) in [4.78, 5) is 25.4. The lowest BCUT2D eigenvalue weighted by Gasteiger charge is -2.30. The van der Waals surface area contributed by atoms with E-state index in [4.69, 9.17) is 5.73 Å². The molecule has 0 aromatic heterocycles. The van der Waals surface area contributed by atoms with Crippen molar-refractivity contribution in [3.05, 3.63) is 12.7 Å². The Kier molecular flexibility index (Phi) is 6.02. The number of likely N-dealkylation sites (tertiary alicyclic amines) is 1. The van der Waals surface area contributed by atoms with Gasteiger partial charge in [0.2, 0.25) is 11.8 Å². The maximum Gasteiger partial charge on any atom is 0.241 e. The fourth-order valence-electron chi connectivity index (χ4n) is 2.08. The molecule has 0 aromatic rings. The molecule has 3 N–H and O–H groups in total. The SMILES string of the molecule is C=CC1CCN(C(=O)CNC(=O)[C@@H](N)C(C)C)CC1. The van der Waals surface area contributed by atoms with Gasteiger partial charge in [0.1, 0.15) is 0 Å². The quantitative estimate of drug-likeness (QED) is 0.713. The van der Waals surface area contributed by atoms with Crippen molar-refractivity contribution in [2.24, 2.45) is 17.6 Å². The summed E-state index contributed by atoms with van der Waals surface area (Å²) in [7, 11) is 0. The molecular weight excluding hydrogens is 242 g/mol. The number of amides is 2. The zero-order valence-corrected chi connectivity index (χ0v) is 11.9. The normalized spacial score (nSPS) is 18.2. The predicted octanol–water partition coefficient (Wildman–Crippen LogP) is 0.511. The number of carbonyl (C=O) groups is 2. The first-order chi connectivity index (χ1) is 8.95. The first kappa shape index (κ1) is 15.7. The van der Waals surface area contributed by atoms with Crippen molar-refractivity contribution in [1.29, 1.82) is 0 Å². The summed E-state index contributed by atoms with van der Waals surface area (Å²) in [5.41, 5.74) is 5.71. The predicted molar refractivity (Wildman–Crippen MR) is 75.3 cm³/mol. The van der Waals surface area contributed by atoms with Crippen LogP contribution in [0.25, 0.3) is 0 Å². The van der Waals surface area contributed by atoms with Crippen LogP contribution >= 0.6 is 0 Å². The lowest BCUT2D eigenvalue weighted by atomic mass is 9.97. The van der Waals surface area contributed by atoms with Crippen LogP contribution in [0.2, 0.25) is 0 Å². The Balaban J connectivity index is 2.32. The van der Waals surface area contributed by atoms with Crippen molar-refractivity contribution in [1.82, 2.24) is 10.2 Å². The summed E-state index contributed by atoms with van der Waals surface area (Å²) in [6.07, 6.45) is 3.86. The van der Waals surface area contributed by atoms with E-state index in [0.717, 1.165) is 25.9 Å². The zero-order chi connectivity index (χ0) is 14.4. The molecule has 1 aliphatic heterocycles. The minimum Gasteiger partial charge on any atom is -0.346 e. The van der Waals surface area contributed by atoms with Gasteiger partial charge in [-0.2, -0.15) is 0 Å². The average molecular weight is 267 g/mol. The summed E-state index contributed by atoms with van der Waals surface area (Å²) in [6, 6.07) is -0.556. The molecule has 0 radical (unpaired) electrons. The molecule has 0 spiro atoms. The van der Waals surface area contributed by atoms with E-state index in [1.807, 2.05) is 19.9 Å². The second kappa shape index (κ2) is 7.28. The topological polar surface area (TPSA) is 75.4 Å². The van der Waals surface area contributed by atoms with E-state index in [0.29, 0.717) is 5.92 Å². The summed E-state index contributed by atoms with van der Waals surface area (Å²) in [5, 5.41) is 2.61. The molecule has 0 unspecified atom stereocenters. The van der Waals surface area contributed by atoms with Gasteiger partial charge in [-0.15, -0.1) is 6.58 Å². The first-order valence-electron chi connectivity index (χ1n) is 6.89. The molecule has 1 atom stereocenters. The van der Waals surface area contributed by atoms with Crippen molar-refractivity contribution in [3.8, 4) is 0 Å². The lowest BCUT2D eigenvalue weighted by Crippen LogP contribution is -2.49. The van der Waals surface area contributed by atoms with Gasteiger partial charge in [0.15, 0.2) is 0 Å². The van der Waals surface area contributed by atoms with Gasteiger partial charge >= 0.3 is 0 Å². The van der Waals surface area contributed by atoms with Gasteiger partial charge in [-0.05, 0) is 24.7 Å². The zero-order valence-electron chi connectivity index (χ0n) is 11.9. The Morgan fingerprint density at radius 3 is 2.47 bits per heavy atom. The highest BCUT2D eigenvalue weighted by Crippen LogP contribution is 2.17. The van der Waals surface area contributed by atoms with E-state index in [2.05, 4.69) is 11.9 Å². The highest BCUT2D eigenvalue weighted by molar-refractivity contribution is 5.87. The van der Waals surface area contributed by atoms with Crippen LogP contribution in [-0.4, -0.2) is 42.4 Å². The molecule has 2 amide bonds. The highest BCUT2D eigenvalue weighted by atomic mass is 16.2. The molecule has 19 heavy (non-hydrogen) atoms. The molecule has 1 aliphatic rings. The number of piperidine rings is 1. The van der Waals surface area contributed by atoms with Crippen molar-refractivity contribution >= 4 is 11.8 Å². The standard InChI is InChI=1S/C14H25N3O2/c1-4-11-5-7-17(8-6-11)12(18)9-16-14(19)13(15)10(2)3/h4,10-11,13H,1,5-9,15H2,2-3H3,(H,16,19)/t13-/m0/s1. The molecule has 1 rings (SSSR count). The molecule has 1 saturated heterocycles. The van der Waals surface area contributed by atoms with Crippen LogP contribution in [0.1, 0.15) is 26.7 Å². The van der Waals surface area contributed by atoms with Gasteiger partial charge in [0, 0.05) is 13.1 Å². The van der Waals surface area contributed by atoms with E-state index >= 15 is 0 Å². The Hall–Kier alpha value is -1.36. The van der Waals surface area contributed by atoms with Crippen LogP contribution in [0.4, 0.5) is 0 Å². The highest BCUT2D eigenvalue weighted by Gasteiger charge is 2.22. The van der Waals surface area contributed by atoms with E-state index in [1.165, 1.54) is 0 Å². The Morgan fingerprint density at radius 1 is 1.42 bits per heavy atom. The smallest absolute Gasteiger partial charge is 0.241 e. The number of hydrogen-bond acceptors (Lipinski definition) is 3. The molecule has 1 heterocycles. The Bertz CT molecular complexity index is 334. The molecule has 5 nitrogen and oxygen atoms in total. The van der Waals surface area contributed by atoms with E-state index in [-0.39, 0.29) is 24.3 Å². The van der Waals surface area contributed by atoms with Crippen molar-refractivity contribution in [2.75, 3.05) is 19.6 Å². The molecule has 0 bridgehead atoms. The molecule has 5 heteroatoms. The maximum atomic E-state index is 11.9. The maximum absolute atomic E-state index is 11.9. The fourth-order valence-corrected chi connectivity index (χ4v) is 2.08. The van der Waals surface area contributed by atoms with Gasteiger partial charge in [-0.25, -0.2) is 0 Å². The third kappa shape index (κ3) is 4.67. The average Bonchev–Trinajstić information content (AvgIpc) is 2.43. The number of allylic oxidation sites excluding steroid dienone is 1. The van der Waals surface area contributed by atoms with E-state index in [9.17, 15) is 9.59 Å². The van der Waals surface area contributed by atoms with Gasteiger partial charge < -0.3 is 16.0 Å². The van der Waals surface area contributed by atoms with Crippen LogP contribution in [0, 0.1) is 11.8 Å². The van der Waals surface area contributed by atoms with Crippen LogP contribution in [0.5, 0.6) is 0 Å². The number of carbonyl (C=O) groups excluding carboxylic acids is 2. The van der Waals surface area contributed by atoms with Crippen LogP contribution in [-0.2, 0) is 9.59 Å². The van der Waals surface area contributed by atoms with Gasteiger partial charge in [0.05, 0.1) is 12.6 Å². The van der Waals surface area contributed by atoms with Crippen LogP contribution in [0.3, 0.4) is 0 Å². The first-order valence-corrected chi connectivity index (χ1v) is 6.89. The van der Waals surface area contributed by atoms with Crippen LogP contribution < -0.4 is 11.1 Å². The minimum absolute atomic E-state index is 0.0354. The van der Waals surface area contributed by atoms with Crippen molar-refractivity contribution < 1.29 is 9.59 Å². The molecule has 0 aromatic carbocycles. The molecule has 0 saturated carbocycles. The monoisotopic (exact) mass is 267 g/mol. The third-order valence-corrected chi connectivity index (χ3v) is 3.66. The molecule has 0 aliphatic carbocycles. The van der Waals surface area contributed by atoms with Crippen molar-refractivity contribution in [3.63, 3.8) is 0 Å². The minimum atomic E-state index is -0.556. The number of nitrogens with zero attached hydrogens (tertiary/aromatic N) is 1. The number of nitrogens with one attached hydrogen (secondary N) is 1. The Morgan fingerprint density at radius 2 is 2.00 bits per heavy atom. The second-order valence-electron chi connectivity index (χ2n) is 5.44. The largest absolute Gasteiger partial charge is 0.346 e. The van der Waals surface area contributed by atoms with Gasteiger partial charge in [-0.3, -0.25) is 9.59 Å². The van der Waals surface area contributed by atoms with E-state index < -0.39 is 6.04 Å². The third-order valence-electron chi connectivity index (χ3n) is 3.66. The fraction of sp³-hybridized carbons (Fsp3) is 0.714. The summed E-state index contributed by atoms with van der Waals surface area (Å²) < 4.78 is 0.